The first-order valence-electron chi connectivity index (χ1n) is 6.59. The molecule has 0 fully saturated rings. The molecule has 2 aromatic rings. The van der Waals surface area contributed by atoms with E-state index in [0.717, 1.165) is 18.2 Å². The van der Waals surface area contributed by atoms with Crippen LogP contribution in [0.5, 0.6) is 0 Å². The lowest BCUT2D eigenvalue weighted by atomic mass is 10.2. The Kier molecular flexibility index (Phi) is 5.26. The van der Waals surface area contributed by atoms with Gasteiger partial charge in [0, 0.05) is 28.9 Å². The van der Waals surface area contributed by atoms with Crippen LogP contribution < -0.4 is 10.9 Å². The first kappa shape index (κ1) is 18.6. The summed E-state index contributed by atoms with van der Waals surface area (Å²) in [4.78, 5) is 33.6. The van der Waals surface area contributed by atoms with Crippen molar-refractivity contribution in [3.63, 3.8) is 0 Å². The van der Waals surface area contributed by atoms with Gasteiger partial charge in [0.1, 0.15) is 6.54 Å². The van der Waals surface area contributed by atoms with E-state index in [-0.39, 0.29) is 15.8 Å². The van der Waals surface area contributed by atoms with Gasteiger partial charge in [-0.15, -0.1) is 0 Å². The standard InChI is InChI=1S/C14H9BrF3N3O4/c15-10-5-9(21(24)25)2-3-11(10)19-12(22)7-20-6-8(14(16,17)18)1-4-13(20)23/h1-6H,7H2,(H,19,22). The van der Waals surface area contributed by atoms with Gasteiger partial charge in [-0.1, -0.05) is 0 Å². The molecule has 1 N–H and O–H groups in total. The zero-order valence-corrected chi connectivity index (χ0v) is 13.8. The third-order valence-electron chi connectivity index (χ3n) is 3.06. The summed E-state index contributed by atoms with van der Waals surface area (Å²) in [7, 11) is 0. The number of carbonyl (C=O) groups excluding carboxylic acids is 1. The molecule has 1 aromatic carbocycles. The van der Waals surface area contributed by atoms with Gasteiger partial charge in [-0.3, -0.25) is 19.7 Å². The fraction of sp³-hybridized carbons (Fsp3) is 0.143. The van der Waals surface area contributed by atoms with Crippen LogP contribution in [0.4, 0.5) is 24.5 Å². The van der Waals surface area contributed by atoms with E-state index >= 15 is 0 Å². The average molecular weight is 420 g/mol. The van der Waals surface area contributed by atoms with E-state index in [9.17, 15) is 32.9 Å². The van der Waals surface area contributed by atoms with Crippen LogP contribution in [0, 0.1) is 10.1 Å². The van der Waals surface area contributed by atoms with Crippen LogP contribution in [0.1, 0.15) is 5.56 Å². The van der Waals surface area contributed by atoms with Crippen molar-refractivity contribution in [3.05, 3.63) is 67.0 Å². The number of nitrogens with one attached hydrogen (secondary N) is 1. The summed E-state index contributed by atoms with van der Waals surface area (Å²) in [6.07, 6.45) is -4.10. The smallest absolute Gasteiger partial charge is 0.323 e. The number of carbonyl (C=O) groups is 1. The van der Waals surface area contributed by atoms with Gasteiger partial charge in [0.25, 0.3) is 11.2 Å². The molecule has 0 saturated heterocycles. The van der Waals surface area contributed by atoms with Crippen molar-refractivity contribution in [3.8, 4) is 0 Å². The van der Waals surface area contributed by atoms with Crippen LogP contribution in [0.2, 0.25) is 0 Å². The van der Waals surface area contributed by atoms with Gasteiger partial charge in [-0.05, 0) is 28.1 Å². The summed E-state index contributed by atoms with van der Waals surface area (Å²) in [5.41, 5.74) is -1.86. The van der Waals surface area contributed by atoms with Crippen LogP contribution in [0.3, 0.4) is 0 Å². The number of anilines is 1. The number of pyridine rings is 1. The molecule has 0 aliphatic carbocycles. The summed E-state index contributed by atoms with van der Waals surface area (Å²) >= 11 is 3.05. The molecule has 0 aliphatic rings. The van der Waals surface area contributed by atoms with E-state index in [1.807, 2.05) is 0 Å². The largest absolute Gasteiger partial charge is 0.417 e. The lowest BCUT2D eigenvalue weighted by Crippen LogP contribution is -2.28. The number of amides is 1. The fourth-order valence-electron chi connectivity index (χ4n) is 1.89. The van der Waals surface area contributed by atoms with E-state index in [2.05, 4.69) is 21.2 Å². The number of benzene rings is 1. The average Bonchev–Trinajstić information content (AvgIpc) is 2.50. The van der Waals surface area contributed by atoms with Crippen molar-refractivity contribution in [2.24, 2.45) is 0 Å². The highest BCUT2D eigenvalue weighted by molar-refractivity contribution is 9.10. The molecule has 7 nitrogen and oxygen atoms in total. The van der Waals surface area contributed by atoms with Crippen molar-refractivity contribution in [1.29, 1.82) is 0 Å². The summed E-state index contributed by atoms with van der Waals surface area (Å²) in [5, 5.41) is 13.0. The molecule has 25 heavy (non-hydrogen) atoms. The number of halogens is 4. The predicted molar refractivity (Wildman–Crippen MR) is 85.1 cm³/mol. The number of alkyl halides is 3. The summed E-state index contributed by atoms with van der Waals surface area (Å²) in [5.74, 6) is -0.768. The highest BCUT2D eigenvalue weighted by Gasteiger charge is 2.31. The maximum Gasteiger partial charge on any atom is 0.417 e. The number of nitrogens with zero attached hydrogens (tertiary/aromatic N) is 2. The van der Waals surface area contributed by atoms with E-state index in [4.69, 9.17) is 0 Å². The molecule has 132 valence electrons. The van der Waals surface area contributed by atoms with Gasteiger partial charge >= 0.3 is 6.18 Å². The fourth-order valence-corrected chi connectivity index (χ4v) is 2.35. The third-order valence-corrected chi connectivity index (χ3v) is 3.72. The Bertz CT molecular complexity index is 896. The Morgan fingerprint density at radius 1 is 1.28 bits per heavy atom. The predicted octanol–water partition coefficient (Wildman–Crippen LogP) is 3.18. The number of hydrogen-bond acceptors (Lipinski definition) is 4. The van der Waals surface area contributed by atoms with E-state index in [1.165, 1.54) is 6.07 Å². The molecule has 1 amide bonds. The molecule has 0 bridgehead atoms. The van der Waals surface area contributed by atoms with Crippen LogP contribution in [-0.4, -0.2) is 15.4 Å². The number of aromatic nitrogens is 1. The van der Waals surface area contributed by atoms with Gasteiger partial charge in [0.15, 0.2) is 0 Å². The minimum atomic E-state index is -4.65. The maximum absolute atomic E-state index is 12.7. The number of rotatable bonds is 4. The Morgan fingerprint density at radius 2 is 1.96 bits per heavy atom. The van der Waals surface area contributed by atoms with Crippen molar-refractivity contribution >= 4 is 33.2 Å². The lowest BCUT2D eigenvalue weighted by Gasteiger charge is -2.11. The Morgan fingerprint density at radius 3 is 2.52 bits per heavy atom. The van der Waals surface area contributed by atoms with Crippen LogP contribution in [-0.2, 0) is 17.5 Å². The topological polar surface area (TPSA) is 94.2 Å². The van der Waals surface area contributed by atoms with Crippen LogP contribution in [0.15, 0.2) is 45.8 Å². The van der Waals surface area contributed by atoms with E-state index < -0.39 is 34.7 Å². The zero-order valence-electron chi connectivity index (χ0n) is 12.2. The van der Waals surface area contributed by atoms with Gasteiger partial charge in [-0.2, -0.15) is 13.2 Å². The monoisotopic (exact) mass is 419 g/mol. The second kappa shape index (κ2) is 7.05. The second-order valence-electron chi connectivity index (χ2n) is 4.85. The first-order valence-corrected chi connectivity index (χ1v) is 7.38. The molecule has 0 atom stereocenters. The number of nitro groups is 1. The quantitative estimate of drug-likeness (QED) is 0.608. The van der Waals surface area contributed by atoms with Crippen molar-refractivity contribution in [1.82, 2.24) is 4.57 Å². The van der Waals surface area contributed by atoms with Gasteiger partial charge in [0.05, 0.1) is 16.2 Å². The van der Waals surface area contributed by atoms with Gasteiger partial charge < -0.3 is 9.88 Å². The molecule has 2 rings (SSSR count). The molecule has 0 unspecified atom stereocenters. The highest BCUT2D eigenvalue weighted by Crippen LogP contribution is 2.28. The number of nitro benzene ring substituents is 1. The molecular formula is C14H9BrF3N3O4. The molecule has 0 radical (unpaired) electrons. The van der Waals surface area contributed by atoms with E-state index in [1.54, 1.807) is 0 Å². The molecule has 1 aromatic heterocycles. The summed E-state index contributed by atoms with van der Waals surface area (Å²) in [6.45, 7) is -0.647. The minimum Gasteiger partial charge on any atom is -0.323 e. The summed E-state index contributed by atoms with van der Waals surface area (Å²) < 4.78 is 38.8. The minimum absolute atomic E-state index is 0.177. The van der Waals surface area contributed by atoms with Crippen molar-refractivity contribution in [2.45, 2.75) is 12.7 Å². The van der Waals surface area contributed by atoms with Gasteiger partial charge in [0.2, 0.25) is 5.91 Å². The Balaban J connectivity index is 2.18. The molecule has 11 heteroatoms. The first-order chi connectivity index (χ1) is 11.6. The molecular weight excluding hydrogens is 411 g/mol. The Hall–Kier alpha value is -2.69. The summed E-state index contributed by atoms with van der Waals surface area (Å²) in [6, 6.07) is 4.92. The second-order valence-corrected chi connectivity index (χ2v) is 5.71. The van der Waals surface area contributed by atoms with Crippen LogP contribution in [0.25, 0.3) is 0 Å². The zero-order chi connectivity index (χ0) is 18.8. The van der Waals surface area contributed by atoms with Crippen LogP contribution >= 0.6 is 15.9 Å². The number of hydrogen-bond donors (Lipinski definition) is 1. The Labute approximate surface area is 146 Å². The van der Waals surface area contributed by atoms with Gasteiger partial charge in [-0.25, -0.2) is 0 Å². The number of non-ortho nitro benzene ring substituents is 1. The van der Waals surface area contributed by atoms with Crippen molar-refractivity contribution in [2.75, 3.05) is 5.32 Å². The highest BCUT2D eigenvalue weighted by atomic mass is 79.9. The van der Waals surface area contributed by atoms with Crippen molar-refractivity contribution < 1.29 is 22.9 Å². The molecule has 0 saturated carbocycles. The molecule has 1 heterocycles. The third kappa shape index (κ3) is 4.66. The SMILES string of the molecule is O=C(Cn1cc(C(F)(F)F)ccc1=O)Nc1ccc([N+](=O)[O-])cc1Br. The normalized spacial score (nSPS) is 11.2. The lowest BCUT2D eigenvalue weighted by molar-refractivity contribution is -0.384. The molecule has 0 spiro atoms. The maximum atomic E-state index is 12.7. The van der Waals surface area contributed by atoms with E-state index in [0.29, 0.717) is 16.8 Å². The molecule has 0 aliphatic heterocycles.